The van der Waals surface area contributed by atoms with Crippen LogP contribution in [0.4, 0.5) is 5.69 Å². The zero-order valence-electron chi connectivity index (χ0n) is 8.57. The third-order valence-corrected chi connectivity index (χ3v) is 2.21. The Labute approximate surface area is 97.3 Å². The minimum absolute atomic E-state index is 0.143. The smallest absolute Gasteiger partial charge is 0.340 e. The Morgan fingerprint density at radius 3 is 2.56 bits per heavy atom. The van der Waals surface area contributed by atoms with Gasteiger partial charge in [-0.3, -0.25) is 4.79 Å². The molecule has 1 atom stereocenters. The number of benzene rings is 1. The molecule has 0 aliphatic rings. The lowest BCUT2D eigenvalue weighted by Gasteiger charge is -2.10. The summed E-state index contributed by atoms with van der Waals surface area (Å²) in [7, 11) is 0. The van der Waals surface area contributed by atoms with Crippen molar-refractivity contribution in [2.75, 3.05) is 5.73 Å². The third-order valence-electron chi connectivity index (χ3n) is 1.90. The van der Waals surface area contributed by atoms with Crippen LogP contribution in [0.3, 0.4) is 0 Å². The van der Waals surface area contributed by atoms with Gasteiger partial charge in [0, 0.05) is 5.69 Å². The topological polar surface area (TPSA) is 95.4 Å². The standard InChI is InChI=1S/C10H11ClN2O3/c1-5(9(13)14)16-10(15)7-3-2-6(12)4-8(7)11/h2-5H,12H2,1H3,(H2,13,14). The molecule has 86 valence electrons. The van der Waals surface area contributed by atoms with E-state index in [-0.39, 0.29) is 10.6 Å². The number of ether oxygens (including phenoxy) is 1. The fourth-order valence-corrected chi connectivity index (χ4v) is 1.25. The van der Waals surface area contributed by atoms with Crippen LogP contribution in [0, 0.1) is 0 Å². The second kappa shape index (κ2) is 4.85. The molecule has 5 nitrogen and oxygen atoms in total. The first-order valence-corrected chi connectivity index (χ1v) is 4.85. The number of nitrogens with two attached hydrogens (primary N) is 2. The molecule has 1 rings (SSSR count). The number of anilines is 1. The largest absolute Gasteiger partial charge is 0.449 e. The van der Waals surface area contributed by atoms with E-state index in [1.807, 2.05) is 0 Å². The van der Waals surface area contributed by atoms with Gasteiger partial charge in [0.05, 0.1) is 10.6 Å². The number of hydrogen-bond donors (Lipinski definition) is 2. The number of amides is 1. The van der Waals surface area contributed by atoms with E-state index in [0.29, 0.717) is 5.69 Å². The van der Waals surface area contributed by atoms with Crippen molar-refractivity contribution >= 4 is 29.2 Å². The zero-order chi connectivity index (χ0) is 12.3. The summed E-state index contributed by atoms with van der Waals surface area (Å²) in [6.07, 6.45) is -0.999. The molecule has 1 aromatic carbocycles. The summed E-state index contributed by atoms with van der Waals surface area (Å²) in [6, 6.07) is 4.36. The number of rotatable bonds is 3. The van der Waals surface area contributed by atoms with Crippen LogP contribution >= 0.6 is 11.6 Å². The van der Waals surface area contributed by atoms with Crippen LogP contribution in [0.15, 0.2) is 18.2 Å². The lowest BCUT2D eigenvalue weighted by molar-refractivity contribution is -0.125. The Balaban J connectivity index is 2.85. The highest BCUT2D eigenvalue weighted by molar-refractivity contribution is 6.33. The maximum atomic E-state index is 11.5. The van der Waals surface area contributed by atoms with Gasteiger partial charge in [0.1, 0.15) is 0 Å². The van der Waals surface area contributed by atoms with Gasteiger partial charge in [-0.25, -0.2) is 4.79 Å². The molecule has 0 radical (unpaired) electrons. The van der Waals surface area contributed by atoms with Crippen molar-refractivity contribution in [3.05, 3.63) is 28.8 Å². The van der Waals surface area contributed by atoms with E-state index in [0.717, 1.165) is 0 Å². The Kier molecular flexibility index (Phi) is 3.73. The van der Waals surface area contributed by atoms with Crippen molar-refractivity contribution in [1.82, 2.24) is 0 Å². The van der Waals surface area contributed by atoms with Crippen molar-refractivity contribution in [3.63, 3.8) is 0 Å². The molecule has 16 heavy (non-hydrogen) atoms. The van der Waals surface area contributed by atoms with E-state index in [1.54, 1.807) is 0 Å². The third kappa shape index (κ3) is 2.87. The lowest BCUT2D eigenvalue weighted by atomic mass is 10.2. The number of hydrogen-bond acceptors (Lipinski definition) is 4. The summed E-state index contributed by atoms with van der Waals surface area (Å²) in [5, 5.41) is 0.168. The fourth-order valence-electron chi connectivity index (χ4n) is 0.979. The van der Waals surface area contributed by atoms with E-state index in [9.17, 15) is 9.59 Å². The van der Waals surface area contributed by atoms with Crippen LogP contribution in [0.5, 0.6) is 0 Å². The maximum absolute atomic E-state index is 11.5. The van der Waals surface area contributed by atoms with Gasteiger partial charge in [-0.1, -0.05) is 11.6 Å². The maximum Gasteiger partial charge on any atom is 0.340 e. The van der Waals surface area contributed by atoms with Gasteiger partial charge in [-0.2, -0.15) is 0 Å². The molecule has 0 aliphatic heterocycles. The van der Waals surface area contributed by atoms with Crippen molar-refractivity contribution in [3.8, 4) is 0 Å². The zero-order valence-corrected chi connectivity index (χ0v) is 9.32. The highest BCUT2D eigenvalue weighted by Gasteiger charge is 2.18. The molecule has 6 heteroatoms. The molecular formula is C10H11ClN2O3. The second-order valence-corrected chi connectivity index (χ2v) is 3.60. The molecule has 4 N–H and O–H groups in total. The van der Waals surface area contributed by atoms with Crippen LogP contribution < -0.4 is 11.5 Å². The number of esters is 1. The minimum atomic E-state index is -0.999. The second-order valence-electron chi connectivity index (χ2n) is 3.19. The van der Waals surface area contributed by atoms with Crippen molar-refractivity contribution in [2.45, 2.75) is 13.0 Å². The number of carbonyl (C=O) groups excluding carboxylic acids is 2. The van der Waals surface area contributed by atoms with E-state index in [2.05, 4.69) is 0 Å². The molecule has 1 unspecified atom stereocenters. The summed E-state index contributed by atoms with van der Waals surface area (Å²) < 4.78 is 4.78. The van der Waals surface area contributed by atoms with Gasteiger partial charge >= 0.3 is 5.97 Å². The van der Waals surface area contributed by atoms with Gasteiger partial charge in [0.15, 0.2) is 6.10 Å². The van der Waals surface area contributed by atoms with Crippen LogP contribution in [0.1, 0.15) is 17.3 Å². The average molecular weight is 243 g/mol. The van der Waals surface area contributed by atoms with E-state index >= 15 is 0 Å². The first kappa shape index (κ1) is 12.3. The van der Waals surface area contributed by atoms with Crippen molar-refractivity contribution < 1.29 is 14.3 Å². The number of carbonyl (C=O) groups is 2. The molecule has 0 aliphatic carbocycles. The molecule has 0 spiro atoms. The highest BCUT2D eigenvalue weighted by atomic mass is 35.5. The van der Waals surface area contributed by atoms with Gasteiger partial charge in [-0.05, 0) is 25.1 Å². The van der Waals surface area contributed by atoms with Crippen LogP contribution in [0.25, 0.3) is 0 Å². The summed E-state index contributed by atoms with van der Waals surface area (Å²) in [6.45, 7) is 1.38. The molecule has 1 amide bonds. The van der Waals surface area contributed by atoms with Gasteiger partial charge in [-0.15, -0.1) is 0 Å². The summed E-state index contributed by atoms with van der Waals surface area (Å²) in [5.74, 6) is -1.43. The molecule has 0 heterocycles. The Bertz CT molecular complexity index is 434. The first-order valence-electron chi connectivity index (χ1n) is 4.47. The number of halogens is 1. The normalized spacial score (nSPS) is 11.9. The van der Waals surface area contributed by atoms with E-state index in [4.69, 9.17) is 27.8 Å². The molecule has 1 aromatic rings. The highest BCUT2D eigenvalue weighted by Crippen LogP contribution is 2.20. The van der Waals surface area contributed by atoms with Gasteiger partial charge < -0.3 is 16.2 Å². The summed E-state index contributed by atoms with van der Waals surface area (Å²) in [4.78, 5) is 22.2. The minimum Gasteiger partial charge on any atom is -0.449 e. The van der Waals surface area contributed by atoms with Crippen molar-refractivity contribution in [1.29, 1.82) is 0 Å². The molecule has 0 fully saturated rings. The fraction of sp³-hybridized carbons (Fsp3) is 0.200. The Hall–Kier alpha value is -1.75. The summed E-state index contributed by atoms with van der Waals surface area (Å²) >= 11 is 5.79. The molecule has 0 saturated carbocycles. The van der Waals surface area contributed by atoms with Crippen LogP contribution in [0.2, 0.25) is 5.02 Å². The molecule has 0 aromatic heterocycles. The Morgan fingerprint density at radius 1 is 1.44 bits per heavy atom. The predicted octanol–water partition coefficient (Wildman–Crippen LogP) is 0.953. The van der Waals surface area contributed by atoms with E-state index < -0.39 is 18.0 Å². The molecule has 0 saturated heterocycles. The van der Waals surface area contributed by atoms with Crippen molar-refractivity contribution in [2.24, 2.45) is 5.73 Å². The lowest BCUT2D eigenvalue weighted by Crippen LogP contribution is -2.30. The number of primary amides is 1. The number of nitrogen functional groups attached to an aromatic ring is 1. The summed E-state index contributed by atoms with van der Waals surface area (Å²) in [5.41, 5.74) is 11.0. The van der Waals surface area contributed by atoms with Crippen LogP contribution in [-0.2, 0) is 9.53 Å². The van der Waals surface area contributed by atoms with Gasteiger partial charge in [0.2, 0.25) is 0 Å². The van der Waals surface area contributed by atoms with E-state index in [1.165, 1.54) is 25.1 Å². The first-order chi connectivity index (χ1) is 7.41. The quantitative estimate of drug-likeness (QED) is 0.609. The Morgan fingerprint density at radius 2 is 2.06 bits per heavy atom. The monoisotopic (exact) mass is 242 g/mol. The van der Waals surface area contributed by atoms with Gasteiger partial charge in [0.25, 0.3) is 5.91 Å². The SMILES string of the molecule is CC(OC(=O)c1ccc(N)cc1Cl)C(N)=O. The van der Waals surface area contributed by atoms with Crippen LogP contribution in [-0.4, -0.2) is 18.0 Å². The molecule has 0 bridgehead atoms. The predicted molar refractivity (Wildman–Crippen MR) is 59.9 cm³/mol. The average Bonchev–Trinajstić information content (AvgIpc) is 2.16. The molecular weight excluding hydrogens is 232 g/mol.